The first-order chi connectivity index (χ1) is 11.5. The topological polar surface area (TPSA) is 38.3 Å². The second-order valence-electron chi connectivity index (χ2n) is 6.06. The van der Waals surface area contributed by atoms with Crippen LogP contribution in [0, 0.1) is 11.6 Å². The second kappa shape index (κ2) is 6.69. The van der Waals surface area contributed by atoms with Crippen molar-refractivity contribution in [1.82, 2.24) is 5.32 Å². The van der Waals surface area contributed by atoms with Crippen LogP contribution >= 0.6 is 0 Å². The van der Waals surface area contributed by atoms with Gasteiger partial charge in [-0.05, 0) is 30.5 Å². The molecule has 0 fully saturated rings. The Morgan fingerprint density at radius 1 is 1.25 bits per heavy atom. The molecule has 24 heavy (non-hydrogen) atoms. The van der Waals surface area contributed by atoms with Gasteiger partial charge in [-0.2, -0.15) is 0 Å². The van der Waals surface area contributed by atoms with Crippen molar-refractivity contribution in [2.24, 2.45) is 0 Å². The molecule has 0 radical (unpaired) electrons. The summed E-state index contributed by atoms with van der Waals surface area (Å²) in [5.74, 6) is -2.39. The van der Waals surface area contributed by atoms with Gasteiger partial charge in [0.2, 0.25) is 5.91 Å². The summed E-state index contributed by atoms with van der Waals surface area (Å²) in [7, 11) is 1.61. The van der Waals surface area contributed by atoms with Gasteiger partial charge in [-0.1, -0.05) is 30.3 Å². The zero-order chi connectivity index (χ0) is 17.3. The van der Waals surface area contributed by atoms with Crippen LogP contribution in [0.1, 0.15) is 35.6 Å². The predicted molar refractivity (Wildman–Crippen MR) is 86.6 cm³/mol. The lowest BCUT2D eigenvalue weighted by Gasteiger charge is -2.22. The van der Waals surface area contributed by atoms with Crippen molar-refractivity contribution in [3.8, 4) is 0 Å². The van der Waals surface area contributed by atoms with E-state index in [0.717, 1.165) is 23.3 Å². The Morgan fingerprint density at radius 3 is 2.71 bits per heavy atom. The minimum absolute atomic E-state index is 0.179. The van der Waals surface area contributed by atoms with Crippen LogP contribution in [0.25, 0.3) is 0 Å². The van der Waals surface area contributed by atoms with Gasteiger partial charge in [0.05, 0.1) is 12.0 Å². The van der Waals surface area contributed by atoms with E-state index in [2.05, 4.69) is 5.32 Å². The lowest BCUT2D eigenvalue weighted by atomic mass is 9.99. The van der Waals surface area contributed by atoms with Gasteiger partial charge in [-0.25, -0.2) is 8.78 Å². The Bertz CT molecular complexity index is 763. The van der Waals surface area contributed by atoms with Crippen molar-refractivity contribution in [1.29, 1.82) is 0 Å². The van der Waals surface area contributed by atoms with Crippen LogP contribution in [0.4, 0.5) is 8.78 Å². The van der Waals surface area contributed by atoms with Gasteiger partial charge >= 0.3 is 0 Å². The number of nitrogens with one attached hydrogen (secondary N) is 1. The van der Waals surface area contributed by atoms with Gasteiger partial charge in [0.1, 0.15) is 17.7 Å². The minimum Gasteiger partial charge on any atom is -0.375 e. The van der Waals surface area contributed by atoms with Crippen LogP contribution < -0.4 is 5.32 Å². The Labute approximate surface area is 139 Å². The van der Waals surface area contributed by atoms with Gasteiger partial charge in [-0.15, -0.1) is 0 Å². The van der Waals surface area contributed by atoms with E-state index in [0.29, 0.717) is 6.42 Å². The molecule has 0 heterocycles. The molecule has 0 spiro atoms. The summed E-state index contributed by atoms with van der Waals surface area (Å²) < 4.78 is 32.5. The number of amides is 1. The van der Waals surface area contributed by atoms with Crippen LogP contribution in [0.15, 0.2) is 42.5 Å². The van der Waals surface area contributed by atoms with E-state index in [-0.39, 0.29) is 23.6 Å². The highest BCUT2D eigenvalue weighted by Crippen LogP contribution is 2.34. The van der Waals surface area contributed by atoms with E-state index in [1.807, 2.05) is 24.3 Å². The Kier molecular flexibility index (Phi) is 4.62. The lowest BCUT2D eigenvalue weighted by Crippen LogP contribution is -2.40. The molecule has 5 heteroatoms. The molecule has 1 unspecified atom stereocenters. The summed E-state index contributed by atoms with van der Waals surface area (Å²) in [6, 6.07) is 10.9. The fourth-order valence-electron chi connectivity index (χ4n) is 3.28. The fraction of sp³-hybridized carbons (Fsp3) is 0.316. The monoisotopic (exact) mass is 331 g/mol. The number of rotatable bonds is 4. The molecule has 0 aromatic heterocycles. The minimum atomic E-state index is -0.716. The normalized spacial score (nSPS) is 20.5. The van der Waals surface area contributed by atoms with E-state index in [1.54, 1.807) is 14.0 Å². The van der Waals surface area contributed by atoms with Crippen molar-refractivity contribution in [3.05, 3.63) is 70.8 Å². The number of fused-ring (bicyclic) bond motifs is 1. The van der Waals surface area contributed by atoms with Crippen LogP contribution in [-0.4, -0.2) is 19.1 Å². The molecular weight excluding hydrogens is 312 g/mol. The van der Waals surface area contributed by atoms with E-state index in [1.165, 1.54) is 6.07 Å². The zero-order valence-electron chi connectivity index (χ0n) is 13.6. The third-order valence-electron chi connectivity index (χ3n) is 4.57. The fourth-order valence-corrected chi connectivity index (χ4v) is 3.28. The number of carbonyl (C=O) groups excluding carboxylic acids is 1. The predicted octanol–water partition coefficient (Wildman–Crippen LogP) is 3.50. The third-order valence-corrected chi connectivity index (χ3v) is 4.57. The number of methoxy groups -OCH3 is 1. The number of hydrogen-bond donors (Lipinski definition) is 1. The molecule has 3 nitrogen and oxygen atoms in total. The molecule has 0 saturated carbocycles. The molecule has 3 rings (SSSR count). The van der Waals surface area contributed by atoms with Crippen molar-refractivity contribution in [3.63, 3.8) is 0 Å². The zero-order valence-corrected chi connectivity index (χ0v) is 13.6. The first-order valence-electron chi connectivity index (χ1n) is 7.87. The number of carbonyl (C=O) groups is 1. The second-order valence-corrected chi connectivity index (χ2v) is 6.06. The first kappa shape index (κ1) is 16.6. The molecule has 0 saturated heterocycles. The van der Waals surface area contributed by atoms with Crippen molar-refractivity contribution >= 4 is 5.91 Å². The molecule has 0 bridgehead atoms. The summed E-state index contributed by atoms with van der Waals surface area (Å²) in [6.07, 6.45) is 0.439. The molecule has 2 aromatic carbocycles. The molecule has 2 aromatic rings. The van der Waals surface area contributed by atoms with Gasteiger partial charge < -0.3 is 10.1 Å². The van der Waals surface area contributed by atoms with Crippen molar-refractivity contribution in [2.45, 2.75) is 31.4 Å². The molecule has 1 amide bonds. The van der Waals surface area contributed by atoms with Crippen molar-refractivity contribution < 1.29 is 18.3 Å². The number of ether oxygens (including phenoxy) is 1. The van der Waals surface area contributed by atoms with Crippen LogP contribution in [0.5, 0.6) is 0 Å². The Balaban J connectivity index is 1.75. The van der Waals surface area contributed by atoms with Crippen LogP contribution in [-0.2, 0) is 16.0 Å². The van der Waals surface area contributed by atoms with Crippen LogP contribution in [0.2, 0.25) is 0 Å². The van der Waals surface area contributed by atoms with Crippen molar-refractivity contribution in [2.75, 3.05) is 7.11 Å². The molecule has 3 atom stereocenters. The smallest absolute Gasteiger partial charge is 0.227 e. The first-order valence-corrected chi connectivity index (χ1v) is 7.87. The molecule has 1 aliphatic carbocycles. The van der Waals surface area contributed by atoms with Gasteiger partial charge in [-0.3, -0.25) is 4.79 Å². The average Bonchev–Trinajstić information content (AvgIpc) is 2.91. The third kappa shape index (κ3) is 3.04. The maximum Gasteiger partial charge on any atom is 0.227 e. The maximum atomic E-state index is 13.9. The summed E-state index contributed by atoms with van der Waals surface area (Å²) >= 11 is 0. The van der Waals surface area contributed by atoms with E-state index >= 15 is 0 Å². The maximum absolute atomic E-state index is 13.9. The standard InChI is InChI=1S/C19H19F2NO2/c1-11(14-8-7-13(20)10-16(14)21)19(23)22-17-9-12-5-3-4-6-15(12)18(17)24-2/h3-8,10-11,17-18H,9H2,1-2H3,(H,22,23)/t11?,17-,18-/m1/s1. The van der Waals surface area contributed by atoms with E-state index in [4.69, 9.17) is 4.74 Å². The highest BCUT2D eigenvalue weighted by Gasteiger charge is 2.34. The number of benzene rings is 2. The SMILES string of the molecule is CO[C@@H]1c2ccccc2C[C@H]1NC(=O)C(C)c1ccc(F)cc1F. The van der Waals surface area contributed by atoms with Gasteiger partial charge in [0, 0.05) is 18.7 Å². The summed E-state index contributed by atoms with van der Waals surface area (Å²) in [6.45, 7) is 1.61. The molecule has 1 aliphatic rings. The van der Waals surface area contributed by atoms with Crippen LogP contribution in [0.3, 0.4) is 0 Å². The summed E-state index contributed by atoms with van der Waals surface area (Å²) in [4.78, 5) is 12.5. The highest BCUT2D eigenvalue weighted by atomic mass is 19.1. The molecule has 0 aliphatic heterocycles. The number of hydrogen-bond acceptors (Lipinski definition) is 2. The average molecular weight is 331 g/mol. The Morgan fingerprint density at radius 2 is 2.00 bits per heavy atom. The van der Waals surface area contributed by atoms with E-state index in [9.17, 15) is 13.6 Å². The Hall–Kier alpha value is -2.27. The van der Waals surface area contributed by atoms with Gasteiger partial charge in [0.15, 0.2) is 0 Å². The molecule has 126 valence electrons. The lowest BCUT2D eigenvalue weighted by molar-refractivity contribution is -0.123. The quantitative estimate of drug-likeness (QED) is 0.931. The van der Waals surface area contributed by atoms with E-state index < -0.39 is 17.6 Å². The number of halogens is 2. The van der Waals surface area contributed by atoms with Gasteiger partial charge in [0.25, 0.3) is 0 Å². The highest BCUT2D eigenvalue weighted by molar-refractivity contribution is 5.83. The summed E-state index contributed by atoms with van der Waals surface area (Å²) in [5, 5.41) is 2.94. The molecule has 1 N–H and O–H groups in total. The molecular formula is C19H19F2NO2. The largest absolute Gasteiger partial charge is 0.375 e. The summed E-state index contributed by atoms with van der Waals surface area (Å²) in [5.41, 5.74) is 2.37.